The van der Waals surface area contributed by atoms with E-state index in [-0.39, 0.29) is 6.10 Å². The first-order valence-electron chi connectivity index (χ1n) is 10.4. The van der Waals surface area contributed by atoms with Gasteiger partial charge in [-0.2, -0.15) is 5.26 Å². The molecule has 0 bridgehead atoms. The summed E-state index contributed by atoms with van der Waals surface area (Å²) in [6.07, 6.45) is 9.72. The van der Waals surface area contributed by atoms with Crippen molar-refractivity contribution in [1.82, 2.24) is 19.9 Å². The van der Waals surface area contributed by atoms with Gasteiger partial charge in [-0.15, -0.1) is 0 Å². The minimum absolute atomic E-state index is 0.267. The van der Waals surface area contributed by atoms with Crippen LogP contribution in [0.3, 0.4) is 0 Å². The van der Waals surface area contributed by atoms with Crippen LogP contribution < -0.4 is 14.5 Å². The van der Waals surface area contributed by atoms with Gasteiger partial charge < -0.3 is 14.5 Å². The summed E-state index contributed by atoms with van der Waals surface area (Å²) in [7, 11) is 0. The van der Waals surface area contributed by atoms with E-state index >= 15 is 0 Å². The number of aromatic nitrogens is 4. The zero-order valence-corrected chi connectivity index (χ0v) is 16.7. The van der Waals surface area contributed by atoms with Gasteiger partial charge in [0.25, 0.3) is 0 Å². The number of anilines is 2. The molecule has 2 aromatic heterocycles. The van der Waals surface area contributed by atoms with Crippen molar-refractivity contribution in [3.63, 3.8) is 0 Å². The van der Waals surface area contributed by atoms with E-state index in [1.807, 2.05) is 12.1 Å². The summed E-state index contributed by atoms with van der Waals surface area (Å²) in [5.74, 6) is 1.51. The molecule has 0 spiro atoms. The Hall–Kier alpha value is -3.47. The van der Waals surface area contributed by atoms with Crippen LogP contribution in [0.1, 0.15) is 31.4 Å². The smallest absolute Gasteiger partial charge is 0.224 e. The minimum atomic E-state index is 0.267. The summed E-state index contributed by atoms with van der Waals surface area (Å²) in [6, 6.07) is 8.32. The van der Waals surface area contributed by atoms with Crippen LogP contribution in [0.5, 0.6) is 5.88 Å². The lowest BCUT2D eigenvalue weighted by atomic mass is 10.2. The lowest BCUT2D eigenvalue weighted by Crippen LogP contribution is -2.46. The molecule has 0 unspecified atom stereocenters. The van der Waals surface area contributed by atoms with Crippen molar-refractivity contribution in [2.45, 2.75) is 31.8 Å². The van der Waals surface area contributed by atoms with Crippen molar-refractivity contribution >= 4 is 22.4 Å². The van der Waals surface area contributed by atoms with E-state index in [1.165, 1.54) is 19.0 Å². The van der Waals surface area contributed by atoms with Crippen LogP contribution in [0, 0.1) is 11.3 Å². The molecule has 0 atom stereocenters. The molecule has 2 aliphatic rings. The van der Waals surface area contributed by atoms with Gasteiger partial charge in [-0.1, -0.05) is 0 Å². The van der Waals surface area contributed by atoms with E-state index in [0.717, 1.165) is 61.4 Å². The summed E-state index contributed by atoms with van der Waals surface area (Å²) >= 11 is 0. The largest absolute Gasteiger partial charge is 0.474 e. The molecule has 1 aliphatic heterocycles. The number of nitriles is 1. The molecular formula is C22H23N7O. The van der Waals surface area contributed by atoms with Crippen molar-refractivity contribution in [2.24, 2.45) is 0 Å². The number of piperazine rings is 1. The van der Waals surface area contributed by atoms with Crippen LogP contribution in [-0.2, 0) is 0 Å². The Morgan fingerprint density at radius 1 is 0.933 bits per heavy atom. The molecule has 1 saturated heterocycles. The van der Waals surface area contributed by atoms with E-state index in [9.17, 15) is 0 Å². The highest BCUT2D eigenvalue weighted by Gasteiger charge is 2.21. The Labute approximate surface area is 175 Å². The predicted octanol–water partition coefficient (Wildman–Crippen LogP) is 2.94. The third-order valence-corrected chi connectivity index (χ3v) is 5.88. The van der Waals surface area contributed by atoms with Gasteiger partial charge in [0.2, 0.25) is 5.88 Å². The molecule has 0 radical (unpaired) electrons. The molecular weight excluding hydrogens is 378 g/mol. The molecule has 3 heterocycles. The topological polar surface area (TPSA) is 91.1 Å². The number of nitrogens with zero attached hydrogens (tertiary/aromatic N) is 7. The van der Waals surface area contributed by atoms with Crippen LogP contribution in [0.25, 0.3) is 10.9 Å². The van der Waals surface area contributed by atoms with E-state index in [1.54, 1.807) is 12.5 Å². The van der Waals surface area contributed by atoms with Crippen molar-refractivity contribution in [3.05, 3.63) is 42.6 Å². The summed E-state index contributed by atoms with van der Waals surface area (Å²) in [6.45, 7) is 3.43. The summed E-state index contributed by atoms with van der Waals surface area (Å²) < 4.78 is 6.21. The minimum Gasteiger partial charge on any atom is -0.474 e. The zero-order valence-electron chi connectivity index (χ0n) is 16.7. The molecule has 3 aromatic rings. The molecule has 0 amide bonds. The van der Waals surface area contributed by atoms with Crippen molar-refractivity contribution in [1.29, 1.82) is 5.26 Å². The Balaban J connectivity index is 1.32. The van der Waals surface area contributed by atoms with Gasteiger partial charge >= 0.3 is 0 Å². The quantitative estimate of drug-likeness (QED) is 0.659. The van der Waals surface area contributed by atoms with Crippen LogP contribution >= 0.6 is 0 Å². The van der Waals surface area contributed by atoms with Gasteiger partial charge in [0.15, 0.2) is 5.69 Å². The maximum absolute atomic E-state index is 8.88. The van der Waals surface area contributed by atoms with Crippen LogP contribution in [0.2, 0.25) is 0 Å². The fourth-order valence-electron chi connectivity index (χ4n) is 4.21. The molecule has 8 nitrogen and oxygen atoms in total. The Bertz CT molecular complexity index is 1070. The first-order valence-corrected chi connectivity index (χ1v) is 10.4. The van der Waals surface area contributed by atoms with Crippen LogP contribution in [0.15, 0.2) is 36.9 Å². The van der Waals surface area contributed by atoms with Gasteiger partial charge in [-0.05, 0) is 43.9 Å². The number of rotatable bonds is 4. The first-order chi connectivity index (χ1) is 14.8. The number of hydrogen-bond donors (Lipinski definition) is 0. The van der Waals surface area contributed by atoms with E-state index in [2.05, 4.69) is 41.9 Å². The number of fused-ring (bicyclic) bond motifs is 1. The Morgan fingerprint density at radius 2 is 1.73 bits per heavy atom. The van der Waals surface area contributed by atoms with Crippen molar-refractivity contribution in [2.75, 3.05) is 36.0 Å². The van der Waals surface area contributed by atoms with Gasteiger partial charge in [-0.25, -0.2) is 19.9 Å². The Kier molecular flexibility index (Phi) is 5.01. The lowest BCUT2D eigenvalue weighted by Gasteiger charge is -2.36. The highest BCUT2D eigenvalue weighted by molar-refractivity contribution is 5.86. The number of hydrogen-bond acceptors (Lipinski definition) is 8. The van der Waals surface area contributed by atoms with E-state index in [4.69, 9.17) is 10.00 Å². The standard InChI is InChI=1S/C22H23N7O/c23-12-16-13-25-21(14-24-16)29-9-7-28(8-10-29)17-5-6-20-19(11-17)22(27-15-26-20)30-18-3-1-2-4-18/h5-6,11,13-15,18H,1-4,7-10H2. The fraction of sp³-hybridized carbons (Fsp3) is 0.409. The van der Waals surface area contributed by atoms with Gasteiger partial charge in [-0.3, -0.25) is 0 Å². The molecule has 0 N–H and O–H groups in total. The maximum atomic E-state index is 8.88. The molecule has 8 heteroatoms. The van der Waals surface area contributed by atoms with Gasteiger partial charge in [0.1, 0.15) is 24.3 Å². The van der Waals surface area contributed by atoms with Gasteiger partial charge in [0, 0.05) is 31.9 Å². The third-order valence-electron chi connectivity index (χ3n) is 5.88. The molecule has 152 valence electrons. The van der Waals surface area contributed by atoms with Crippen molar-refractivity contribution < 1.29 is 4.74 Å². The van der Waals surface area contributed by atoms with E-state index in [0.29, 0.717) is 11.6 Å². The van der Waals surface area contributed by atoms with E-state index < -0.39 is 0 Å². The summed E-state index contributed by atoms with van der Waals surface area (Å²) in [5.41, 5.74) is 2.40. The van der Waals surface area contributed by atoms with Gasteiger partial charge in [0.05, 0.1) is 23.3 Å². The molecule has 1 aliphatic carbocycles. The normalized spacial score (nSPS) is 17.3. The zero-order chi connectivity index (χ0) is 20.3. The highest BCUT2D eigenvalue weighted by Crippen LogP contribution is 2.30. The molecule has 5 rings (SSSR count). The third kappa shape index (κ3) is 3.71. The maximum Gasteiger partial charge on any atom is 0.224 e. The van der Waals surface area contributed by atoms with Crippen molar-refractivity contribution in [3.8, 4) is 11.9 Å². The average molecular weight is 401 g/mol. The summed E-state index contributed by atoms with van der Waals surface area (Å²) in [4.78, 5) is 21.9. The second-order valence-electron chi connectivity index (χ2n) is 7.75. The molecule has 1 aromatic carbocycles. The van der Waals surface area contributed by atoms with Crippen LogP contribution in [0.4, 0.5) is 11.5 Å². The highest BCUT2D eigenvalue weighted by atomic mass is 16.5. The average Bonchev–Trinajstić information content (AvgIpc) is 3.32. The molecule has 2 fully saturated rings. The second kappa shape index (κ2) is 8.11. The predicted molar refractivity (Wildman–Crippen MR) is 114 cm³/mol. The SMILES string of the molecule is N#Cc1cnc(N2CCN(c3ccc4ncnc(OC5CCCC5)c4c3)CC2)cn1. The first kappa shape index (κ1) is 18.6. The number of ether oxygens (including phenoxy) is 1. The molecule has 30 heavy (non-hydrogen) atoms. The summed E-state index contributed by atoms with van der Waals surface area (Å²) in [5, 5.41) is 9.86. The number of benzene rings is 1. The fourth-order valence-corrected chi connectivity index (χ4v) is 4.21. The molecule has 1 saturated carbocycles. The second-order valence-corrected chi connectivity index (χ2v) is 7.75. The Morgan fingerprint density at radius 3 is 2.47 bits per heavy atom. The van der Waals surface area contributed by atoms with Crippen LogP contribution in [-0.4, -0.2) is 52.2 Å². The lowest BCUT2D eigenvalue weighted by molar-refractivity contribution is 0.204. The monoisotopic (exact) mass is 401 g/mol.